The zero-order valence-corrected chi connectivity index (χ0v) is 20.6. The van der Waals surface area contributed by atoms with E-state index in [1.165, 1.54) is 23.7 Å². The summed E-state index contributed by atoms with van der Waals surface area (Å²) >= 11 is 1.46. The lowest BCUT2D eigenvalue weighted by Gasteiger charge is -2.30. The highest BCUT2D eigenvalue weighted by atomic mass is 32.2. The molecule has 1 aromatic heterocycles. The van der Waals surface area contributed by atoms with Gasteiger partial charge in [-0.2, -0.15) is 0 Å². The van der Waals surface area contributed by atoms with E-state index in [1.807, 2.05) is 35.2 Å². The number of carbonyl (C=O) groups excluding carboxylic acids is 1. The van der Waals surface area contributed by atoms with Crippen LogP contribution in [0, 0.1) is 5.92 Å². The van der Waals surface area contributed by atoms with Crippen LogP contribution in [0.25, 0.3) is 17.1 Å². The topological polar surface area (TPSA) is 60.3 Å². The Morgan fingerprint density at radius 1 is 1.15 bits per heavy atom. The van der Waals surface area contributed by atoms with Crippen LogP contribution >= 0.6 is 11.8 Å². The summed E-state index contributed by atoms with van der Waals surface area (Å²) in [7, 11) is 1.66. The van der Waals surface area contributed by atoms with E-state index in [0.717, 1.165) is 47.5 Å². The third-order valence-electron chi connectivity index (χ3n) is 6.12. The zero-order valence-electron chi connectivity index (χ0n) is 19.8. The van der Waals surface area contributed by atoms with Gasteiger partial charge in [0.2, 0.25) is 5.91 Å². The molecule has 0 bridgehead atoms. The first-order valence-corrected chi connectivity index (χ1v) is 12.6. The van der Waals surface area contributed by atoms with Crippen LogP contribution in [0.15, 0.2) is 53.7 Å². The monoisotopic (exact) mass is 464 g/mol. The molecule has 174 valence electrons. The van der Waals surface area contributed by atoms with Crippen LogP contribution in [0.4, 0.5) is 0 Å². The molecular formula is C26H32N4O2S. The van der Waals surface area contributed by atoms with Gasteiger partial charge in [-0.15, -0.1) is 10.2 Å². The molecule has 1 aliphatic heterocycles. The predicted molar refractivity (Wildman–Crippen MR) is 133 cm³/mol. The summed E-state index contributed by atoms with van der Waals surface area (Å²) in [6, 6.07) is 16.2. The fraction of sp³-hybridized carbons (Fsp3) is 0.423. The average Bonchev–Trinajstić information content (AvgIpc) is 3.26. The van der Waals surface area contributed by atoms with Crippen molar-refractivity contribution in [3.05, 3.63) is 54.1 Å². The van der Waals surface area contributed by atoms with Crippen LogP contribution in [0.3, 0.4) is 0 Å². The van der Waals surface area contributed by atoms with Crippen LogP contribution in [0.5, 0.6) is 5.75 Å². The van der Waals surface area contributed by atoms with E-state index in [9.17, 15) is 4.79 Å². The smallest absolute Gasteiger partial charge is 0.233 e. The van der Waals surface area contributed by atoms with Gasteiger partial charge in [-0.1, -0.05) is 50.7 Å². The molecule has 1 atom stereocenters. The van der Waals surface area contributed by atoms with Gasteiger partial charge in [-0.3, -0.25) is 9.36 Å². The maximum atomic E-state index is 12.9. The lowest BCUT2D eigenvalue weighted by molar-refractivity contribution is -0.130. The van der Waals surface area contributed by atoms with Gasteiger partial charge in [0.05, 0.1) is 18.6 Å². The number of thioether (sulfide) groups is 1. The van der Waals surface area contributed by atoms with Gasteiger partial charge >= 0.3 is 0 Å². The van der Waals surface area contributed by atoms with E-state index in [4.69, 9.17) is 4.74 Å². The van der Waals surface area contributed by atoms with Gasteiger partial charge in [-0.25, -0.2) is 0 Å². The standard InChI is InChI=1S/C26H32N4O2S/c1-18(2)22-9-5-6-10-23(22)30-25(20-11-13-21(32-4)14-12-20)27-28-26(30)33-17-24(31)29-15-7-8-19(3)16-29/h5-6,9-14,18-19H,7-8,15-17H2,1-4H3. The van der Waals surface area contributed by atoms with Gasteiger partial charge in [0.15, 0.2) is 11.0 Å². The minimum atomic E-state index is 0.171. The largest absolute Gasteiger partial charge is 0.497 e. The van der Waals surface area contributed by atoms with Crippen molar-refractivity contribution >= 4 is 17.7 Å². The third kappa shape index (κ3) is 5.24. The number of carbonyl (C=O) groups is 1. The Morgan fingerprint density at radius 3 is 2.61 bits per heavy atom. The second kappa shape index (κ2) is 10.4. The number of amides is 1. The summed E-state index contributed by atoms with van der Waals surface area (Å²) in [4.78, 5) is 14.9. The van der Waals surface area contributed by atoms with Crippen LogP contribution < -0.4 is 4.74 Å². The van der Waals surface area contributed by atoms with E-state index < -0.39 is 0 Å². The van der Waals surface area contributed by atoms with Crippen molar-refractivity contribution in [2.45, 2.75) is 44.7 Å². The summed E-state index contributed by atoms with van der Waals surface area (Å²) in [5.74, 6) is 2.98. The Hall–Kier alpha value is -2.80. The summed E-state index contributed by atoms with van der Waals surface area (Å²) in [5.41, 5.74) is 3.21. The lowest BCUT2D eigenvalue weighted by atomic mass is 10.0. The minimum absolute atomic E-state index is 0.171. The molecular weight excluding hydrogens is 432 g/mol. The molecule has 7 heteroatoms. The first kappa shape index (κ1) is 23.4. The molecule has 1 fully saturated rings. The van der Waals surface area contributed by atoms with Crippen LogP contribution in [0.2, 0.25) is 0 Å². The average molecular weight is 465 g/mol. The molecule has 1 unspecified atom stereocenters. The highest BCUT2D eigenvalue weighted by Crippen LogP contribution is 2.33. The summed E-state index contributed by atoms with van der Waals surface area (Å²) in [6.45, 7) is 8.28. The minimum Gasteiger partial charge on any atom is -0.497 e. The first-order valence-electron chi connectivity index (χ1n) is 11.6. The number of aromatic nitrogens is 3. The number of ether oxygens (including phenoxy) is 1. The number of piperidine rings is 1. The SMILES string of the molecule is COc1ccc(-c2nnc(SCC(=O)N3CCCC(C)C3)n2-c2ccccc2C(C)C)cc1. The number of likely N-dealkylation sites (tertiary alicyclic amines) is 1. The summed E-state index contributed by atoms with van der Waals surface area (Å²) in [5, 5.41) is 9.79. The van der Waals surface area contributed by atoms with Crippen molar-refractivity contribution in [2.75, 3.05) is 26.0 Å². The molecule has 1 saturated heterocycles. The lowest BCUT2D eigenvalue weighted by Crippen LogP contribution is -2.40. The number of hydrogen-bond acceptors (Lipinski definition) is 5. The second-order valence-electron chi connectivity index (χ2n) is 8.96. The van der Waals surface area contributed by atoms with E-state index >= 15 is 0 Å². The number of benzene rings is 2. The number of hydrogen-bond donors (Lipinski definition) is 0. The van der Waals surface area contributed by atoms with Gasteiger partial charge in [0.1, 0.15) is 5.75 Å². The maximum Gasteiger partial charge on any atom is 0.233 e. The second-order valence-corrected chi connectivity index (χ2v) is 9.90. The summed E-state index contributed by atoms with van der Waals surface area (Å²) < 4.78 is 7.41. The van der Waals surface area contributed by atoms with E-state index in [-0.39, 0.29) is 5.91 Å². The van der Waals surface area contributed by atoms with E-state index in [0.29, 0.717) is 17.6 Å². The molecule has 0 radical (unpaired) electrons. The van der Waals surface area contributed by atoms with Crippen molar-refractivity contribution < 1.29 is 9.53 Å². The first-order chi connectivity index (χ1) is 16.0. The third-order valence-corrected chi connectivity index (χ3v) is 7.03. The molecule has 1 aliphatic rings. The molecule has 2 aromatic carbocycles. The number of rotatable bonds is 7. The fourth-order valence-electron chi connectivity index (χ4n) is 4.32. The summed E-state index contributed by atoms with van der Waals surface area (Å²) in [6.07, 6.45) is 2.28. The Morgan fingerprint density at radius 2 is 1.91 bits per heavy atom. The van der Waals surface area contributed by atoms with Gasteiger partial charge in [0, 0.05) is 18.7 Å². The molecule has 0 saturated carbocycles. The highest BCUT2D eigenvalue weighted by Gasteiger charge is 2.24. The van der Waals surface area contributed by atoms with Crippen LogP contribution in [-0.2, 0) is 4.79 Å². The maximum absolute atomic E-state index is 12.9. The molecule has 6 nitrogen and oxygen atoms in total. The quantitative estimate of drug-likeness (QED) is 0.437. The van der Waals surface area contributed by atoms with Gasteiger partial charge in [-0.05, 0) is 60.6 Å². The Labute approximate surface area is 200 Å². The molecule has 0 aliphatic carbocycles. The molecule has 4 rings (SSSR count). The van der Waals surface area contributed by atoms with Gasteiger partial charge in [0.25, 0.3) is 0 Å². The van der Waals surface area contributed by atoms with Crippen molar-refractivity contribution in [1.82, 2.24) is 19.7 Å². The number of nitrogens with zero attached hydrogens (tertiary/aromatic N) is 4. The van der Waals surface area contributed by atoms with Crippen molar-refractivity contribution in [3.8, 4) is 22.8 Å². The van der Waals surface area contributed by atoms with Crippen molar-refractivity contribution in [3.63, 3.8) is 0 Å². The van der Waals surface area contributed by atoms with Crippen LogP contribution in [-0.4, -0.2) is 51.5 Å². The zero-order chi connectivity index (χ0) is 23.4. The molecule has 33 heavy (non-hydrogen) atoms. The normalized spacial score (nSPS) is 16.3. The Kier molecular flexibility index (Phi) is 7.38. The molecule has 0 N–H and O–H groups in total. The predicted octanol–water partition coefficient (Wildman–Crippen LogP) is 5.42. The fourth-order valence-corrected chi connectivity index (χ4v) is 5.17. The van der Waals surface area contributed by atoms with Crippen molar-refractivity contribution in [2.24, 2.45) is 5.92 Å². The van der Waals surface area contributed by atoms with Gasteiger partial charge < -0.3 is 9.64 Å². The Bertz CT molecular complexity index is 1090. The number of para-hydroxylation sites is 1. The van der Waals surface area contributed by atoms with Crippen LogP contribution in [0.1, 0.15) is 45.1 Å². The molecule has 3 aromatic rings. The van der Waals surface area contributed by atoms with E-state index in [1.54, 1.807) is 7.11 Å². The number of methoxy groups -OCH3 is 1. The van der Waals surface area contributed by atoms with E-state index in [2.05, 4.69) is 53.7 Å². The molecule has 0 spiro atoms. The Balaban J connectivity index is 1.68. The molecule has 1 amide bonds. The highest BCUT2D eigenvalue weighted by molar-refractivity contribution is 7.99. The van der Waals surface area contributed by atoms with Crippen molar-refractivity contribution in [1.29, 1.82) is 0 Å². The molecule has 2 heterocycles.